The Hall–Kier alpha value is -2.83. The van der Waals surface area contributed by atoms with E-state index in [0.29, 0.717) is 13.0 Å². The van der Waals surface area contributed by atoms with Gasteiger partial charge in [-0.3, -0.25) is 4.68 Å². The number of amides is 1. The van der Waals surface area contributed by atoms with Crippen molar-refractivity contribution >= 4 is 12.1 Å². The Kier molecular flexibility index (Phi) is 7.50. The van der Waals surface area contributed by atoms with E-state index in [1.807, 2.05) is 43.7 Å². The molecule has 1 aromatic carbocycles. The number of nitrogens with one attached hydrogen (secondary N) is 1. The summed E-state index contributed by atoms with van der Waals surface area (Å²) in [6.07, 6.45) is 3.71. The van der Waals surface area contributed by atoms with Crippen molar-refractivity contribution in [2.24, 2.45) is 0 Å². The summed E-state index contributed by atoms with van der Waals surface area (Å²) in [6, 6.07) is 9.25. The van der Waals surface area contributed by atoms with Crippen LogP contribution in [0.15, 0.2) is 30.3 Å². The van der Waals surface area contributed by atoms with E-state index in [1.165, 1.54) is 5.56 Å². The molecule has 3 rings (SSSR count). The summed E-state index contributed by atoms with van der Waals surface area (Å²) in [5.74, 6) is -0.481. The standard InChI is InChI=1S/C26H37N3O4/c1-25(2,3)32-23(30)21(27-24(31)33-26(4,5)6)16-22-19-14-10-11-15-20(19)28-29(22)17-18-12-8-7-9-13-18/h7-9,12-13,21H,10-11,14-17H2,1-6H3,(H,27,31)/t21-/m0/s1. The quantitative estimate of drug-likeness (QED) is 0.645. The first kappa shape index (κ1) is 24.8. The number of aromatic nitrogens is 2. The van der Waals surface area contributed by atoms with Crippen molar-refractivity contribution in [2.75, 3.05) is 0 Å². The minimum Gasteiger partial charge on any atom is -0.458 e. The van der Waals surface area contributed by atoms with Gasteiger partial charge in [-0.1, -0.05) is 30.3 Å². The van der Waals surface area contributed by atoms with Crippen LogP contribution >= 0.6 is 0 Å². The second kappa shape index (κ2) is 9.98. The smallest absolute Gasteiger partial charge is 0.408 e. The number of fused-ring (bicyclic) bond motifs is 1. The Bertz CT molecular complexity index is 968. The molecule has 1 heterocycles. The summed E-state index contributed by atoms with van der Waals surface area (Å²) in [4.78, 5) is 25.7. The molecule has 33 heavy (non-hydrogen) atoms. The van der Waals surface area contributed by atoms with Gasteiger partial charge in [-0.05, 0) is 78.4 Å². The predicted molar refractivity (Wildman–Crippen MR) is 127 cm³/mol. The van der Waals surface area contributed by atoms with Crippen molar-refractivity contribution in [3.05, 3.63) is 52.8 Å². The van der Waals surface area contributed by atoms with Gasteiger partial charge < -0.3 is 14.8 Å². The van der Waals surface area contributed by atoms with Crippen LogP contribution in [0.5, 0.6) is 0 Å². The van der Waals surface area contributed by atoms with Crippen LogP contribution in [0.25, 0.3) is 0 Å². The molecule has 0 bridgehead atoms. The highest BCUT2D eigenvalue weighted by Crippen LogP contribution is 2.26. The van der Waals surface area contributed by atoms with Gasteiger partial charge in [0.25, 0.3) is 0 Å². The van der Waals surface area contributed by atoms with Crippen molar-refractivity contribution in [3.8, 4) is 0 Å². The van der Waals surface area contributed by atoms with E-state index in [4.69, 9.17) is 14.6 Å². The van der Waals surface area contributed by atoms with Crippen LogP contribution in [0.4, 0.5) is 4.79 Å². The van der Waals surface area contributed by atoms with Gasteiger partial charge in [-0.25, -0.2) is 9.59 Å². The molecule has 7 nitrogen and oxygen atoms in total. The molecule has 2 aromatic rings. The lowest BCUT2D eigenvalue weighted by Crippen LogP contribution is -2.47. The highest BCUT2D eigenvalue weighted by molar-refractivity contribution is 5.82. The van der Waals surface area contributed by atoms with E-state index >= 15 is 0 Å². The van der Waals surface area contributed by atoms with Crippen LogP contribution in [-0.2, 0) is 40.1 Å². The maximum absolute atomic E-state index is 13.1. The maximum Gasteiger partial charge on any atom is 0.408 e. The monoisotopic (exact) mass is 455 g/mol. The van der Waals surface area contributed by atoms with Crippen molar-refractivity contribution in [3.63, 3.8) is 0 Å². The van der Waals surface area contributed by atoms with Crippen molar-refractivity contribution in [1.29, 1.82) is 0 Å². The van der Waals surface area contributed by atoms with Gasteiger partial charge in [-0.2, -0.15) is 5.10 Å². The largest absolute Gasteiger partial charge is 0.458 e. The molecule has 0 unspecified atom stereocenters. The van der Waals surface area contributed by atoms with E-state index in [9.17, 15) is 9.59 Å². The van der Waals surface area contributed by atoms with Crippen LogP contribution in [0.1, 0.15) is 76.9 Å². The summed E-state index contributed by atoms with van der Waals surface area (Å²) >= 11 is 0. The van der Waals surface area contributed by atoms with Crippen molar-refractivity contribution < 1.29 is 19.1 Å². The summed E-state index contributed by atoms with van der Waals surface area (Å²) < 4.78 is 13.1. The number of aryl methyl sites for hydroxylation is 1. The molecule has 1 aliphatic rings. The molecule has 0 fully saturated rings. The molecule has 0 spiro atoms. The van der Waals surface area contributed by atoms with Gasteiger partial charge in [0.1, 0.15) is 17.2 Å². The first-order valence-electron chi connectivity index (χ1n) is 11.7. The molecule has 1 amide bonds. The van der Waals surface area contributed by atoms with Crippen LogP contribution in [0.3, 0.4) is 0 Å². The van der Waals surface area contributed by atoms with Gasteiger partial charge in [0, 0.05) is 12.1 Å². The Labute approximate surface area is 196 Å². The summed E-state index contributed by atoms with van der Waals surface area (Å²) in [7, 11) is 0. The highest BCUT2D eigenvalue weighted by Gasteiger charge is 2.32. The Morgan fingerprint density at radius 2 is 1.64 bits per heavy atom. The number of alkyl carbamates (subject to hydrolysis) is 1. The minimum atomic E-state index is -0.878. The fourth-order valence-corrected chi connectivity index (χ4v) is 4.00. The Morgan fingerprint density at radius 1 is 1.00 bits per heavy atom. The molecule has 0 saturated carbocycles. The average Bonchev–Trinajstić information content (AvgIpc) is 3.02. The van der Waals surface area contributed by atoms with E-state index in [-0.39, 0.29) is 0 Å². The van der Waals surface area contributed by atoms with Gasteiger partial charge in [0.2, 0.25) is 0 Å². The zero-order valence-corrected chi connectivity index (χ0v) is 20.7. The van der Waals surface area contributed by atoms with Crippen LogP contribution in [0, 0.1) is 0 Å². The predicted octanol–water partition coefficient (Wildman–Crippen LogP) is 4.59. The first-order chi connectivity index (χ1) is 15.4. The zero-order chi connectivity index (χ0) is 24.2. The Balaban J connectivity index is 1.92. The number of nitrogens with zero attached hydrogens (tertiary/aromatic N) is 2. The normalized spacial score (nSPS) is 14.8. The first-order valence-corrected chi connectivity index (χ1v) is 11.7. The number of rotatable bonds is 6. The van der Waals surface area contributed by atoms with E-state index in [1.54, 1.807) is 20.8 Å². The second-order valence-corrected chi connectivity index (χ2v) is 10.7. The average molecular weight is 456 g/mol. The molecular weight excluding hydrogens is 418 g/mol. The number of ether oxygens (including phenoxy) is 2. The molecule has 1 aliphatic carbocycles. The van der Waals surface area contributed by atoms with Crippen LogP contribution in [0.2, 0.25) is 0 Å². The summed E-state index contributed by atoms with van der Waals surface area (Å²) in [5.41, 5.74) is 3.04. The number of carbonyl (C=O) groups excluding carboxylic acids is 2. The maximum atomic E-state index is 13.1. The number of hydrogen-bond acceptors (Lipinski definition) is 5. The third-order valence-electron chi connectivity index (χ3n) is 5.29. The molecular formula is C26H37N3O4. The van der Waals surface area contributed by atoms with Gasteiger partial charge in [0.05, 0.1) is 12.2 Å². The SMILES string of the molecule is CC(C)(C)OC(=O)N[C@@H](Cc1c2c(nn1Cc1ccccc1)CCCC2)C(=O)OC(C)(C)C. The van der Waals surface area contributed by atoms with Crippen LogP contribution in [-0.4, -0.2) is 39.1 Å². The number of carbonyl (C=O) groups is 2. The molecule has 0 saturated heterocycles. The van der Waals surface area contributed by atoms with Gasteiger partial charge in [0.15, 0.2) is 0 Å². The third-order valence-corrected chi connectivity index (χ3v) is 5.29. The van der Waals surface area contributed by atoms with Crippen molar-refractivity contribution in [1.82, 2.24) is 15.1 Å². The lowest BCUT2D eigenvalue weighted by atomic mass is 9.93. The Morgan fingerprint density at radius 3 is 2.27 bits per heavy atom. The van der Waals surface area contributed by atoms with E-state index < -0.39 is 29.3 Å². The molecule has 7 heteroatoms. The zero-order valence-electron chi connectivity index (χ0n) is 20.7. The van der Waals surface area contributed by atoms with E-state index in [2.05, 4.69) is 17.4 Å². The number of benzene rings is 1. The van der Waals surface area contributed by atoms with Crippen molar-refractivity contribution in [2.45, 2.75) is 97.4 Å². The molecule has 180 valence electrons. The van der Waals surface area contributed by atoms with E-state index in [0.717, 1.165) is 42.6 Å². The summed E-state index contributed by atoms with van der Waals surface area (Å²) in [5, 5.41) is 7.65. The minimum absolute atomic E-state index is 0.295. The molecule has 1 aromatic heterocycles. The third kappa shape index (κ3) is 7.34. The van der Waals surface area contributed by atoms with Crippen LogP contribution < -0.4 is 5.32 Å². The molecule has 0 radical (unpaired) electrons. The number of esters is 1. The van der Waals surface area contributed by atoms with Gasteiger partial charge >= 0.3 is 12.1 Å². The molecule has 1 N–H and O–H groups in total. The number of hydrogen-bond donors (Lipinski definition) is 1. The second-order valence-electron chi connectivity index (χ2n) is 10.7. The molecule has 0 aliphatic heterocycles. The fraction of sp³-hybridized carbons (Fsp3) is 0.577. The lowest BCUT2D eigenvalue weighted by Gasteiger charge is -2.26. The van der Waals surface area contributed by atoms with Gasteiger partial charge in [-0.15, -0.1) is 0 Å². The molecule has 1 atom stereocenters. The highest BCUT2D eigenvalue weighted by atomic mass is 16.6. The fourth-order valence-electron chi connectivity index (χ4n) is 4.00. The summed E-state index contributed by atoms with van der Waals surface area (Å²) in [6.45, 7) is 11.4. The lowest BCUT2D eigenvalue weighted by molar-refractivity contribution is -0.157. The topological polar surface area (TPSA) is 82.5 Å².